The number of hydrogen-bond donors (Lipinski definition) is 1. The number of methoxy groups -OCH3 is 1. The quantitative estimate of drug-likeness (QED) is 0.302. The molecule has 1 saturated heterocycles. The van der Waals surface area contributed by atoms with Crippen LogP contribution in [0.3, 0.4) is 0 Å². The topological polar surface area (TPSA) is 79.3 Å². The maximum atomic E-state index is 13.2. The number of ether oxygens (including phenoxy) is 2. The molecule has 1 fully saturated rings. The van der Waals surface area contributed by atoms with Gasteiger partial charge in [0.25, 0.3) is 11.7 Å². The number of hydrogen-bond acceptors (Lipinski definition) is 6. The van der Waals surface area contributed by atoms with E-state index in [1.54, 1.807) is 42.5 Å². The van der Waals surface area contributed by atoms with Gasteiger partial charge in [-0.05, 0) is 62.0 Å². The van der Waals surface area contributed by atoms with Gasteiger partial charge >= 0.3 is 0 Å². The largest absolute Gasteiger partial charge is 0.507 e. The highest BCUT2D eigenvalue weighted by atomic mass is 35.5. The molecule has 34 heavy (non-hydrogen) atoms. The maximum absolute atomic E-state index is 13.2. The average Bonchev–Trinajstić information content (AvgIpc) is 3.10. The summed E-state index contributed by atoms with van der Waals surface area (Å²) in [5, 5.41) is 11.7. The van der Waals surface area contributed by atoms with Crippen molar-refractivity contribution in [3.05, 3.63) is 64.2 Å². The van der Waals surface area contributed by atoms with Crippen LogP contribution in [0.1, 0.15) is 37.9 Å². The highest BCUT2D eigenvalue weighted by Gasteiger charge is 2.46. The molecule has 0 spiro atoms. The van der Waals surface area contributed by atoms with Gasteiger partial charge in [0.1, 0.15) is 5.76 Å². The van der Waals surface area contributed by atoms with Crippen molar-refractivity contribution in [2.24, 2.45) is 0 Å². The van der Waals surface area contributed by atoms with E-state index in [9.17, 15) is 14.7 Å². The van der Waals surface area contributed by atoms with Crippen molar-refractivity contribution in [3.8, 4) is 11.5 Å². The Morgan fingerprint density at radius 1 is 1.06 bits per heavy atom. The minimum absolute atomic E-state index is 0.0399. The monoisotopic (exact) mass is 486 g/mol. The number of nitrogens with zero attached hydrogens (tertiary/aromatic N) is 2. The zero-order valence-electron chi connectivity index (χ0n) is 20.0. The van der Waals surface area contributed by atoms with E-state index in [-0.39, 0.29) is 11.3 Å². The number of likely N-dealkylation sites (tertiary alicyclic amines) is 1. The number of carbonyl (C=O) groups excluding carboxylic acids is 2. The molecule has 3 rings (SSSR count). The predicted octanol–water partition coefficient (Wildman–Crippen LogP) is 4.51. The molecule has 1 atom stereocenters. The Labute approximate surface area is 205 Å². The number of ketones is 1. The van der Waals surface area contributed by atoms with Gasteiger partial charge in [0.05, 0.1) is 25.3 Å². The summed E-state index contributed by atoms with van der Waals surface area (Å²) in [6.07, 6.45) is 0. The second kappa shape index (κ2) is 11.4. The molecule has 1 unspecified atom stereocenters. The number of carbonyl (C=O) groups is 2. The van der Waals surface area contributed by atoms with E-state index in [1.807, 2.05) is 20.8 Å². The van der Waals surface area contributed by atoms with Crippen LogP contribution >= 0.6 is 11.6 Å². The van der Waals surface area contributed by atoms with Crippen LogP contribution in [0.2, 0.25) is 5.02 Å². The van der Waals surface area contributed by atoms with E-state index in [0.717, 1.165) is 13.1 Å². The summed E-state index contributed by atoms with van der Waals surface area (Å²) in [5.41, 5.74) is 1.10. The van der Waals surface area contributed by atoms with Crippen molar-refractivity contribution < 1.29 is 24.2 Å². The second-order valence-electron chi connectivity index (χ2n) is 7.87. The third-order valence-electron chi connectivity index (χ3n) is 6.01. The van der Waals surface area contributed by atoms with Gasteiger partial charge in [-0.3, -0.25) is 9.59 Å². The zero-order chi connectivity index (χ0) is 24.8. The Hall–Kier alpha value is -3.03. The smallest absolute Gasteiger partial charge is 0.295 e. The Bertz CT molecular complexity index is 1060. The van der Waals surface area contributed by atoms with Crippen LogP contribution in [0.15, 0.2) is 48.0 Å². The van der Waals surface area contributed by atoms with Crippen molar-refractivity contribution in [2.45, 2.75) is 26.8 Å². The van der Waals surface area contributed by atoms with Crippen molar-refractivity contribution in [2.75, 3.05) is 39.9 Å². The van der Waals surface area contributed by atoms with Gasteiger partial charge < -0.3 is 24.4 Å². The van der Waals surface area contributed by atoms with E-state index < -0.39 is 17.7 Å². The molecular weight excluding hydrogens is 456 g/mol. The molecule has 1 N–H and O–H groups in total. The van der Waals surface area contributed by atoms with Gasteiger partial charge in [-0.1, -0.05) is 31.5 Å². The molecule has 1 amide bonds. The van der Waals surface area contributed by atoms with Crippen LogP contribution in [0, 0.1) is 0 Å². The lowest BCUT2D eigenvalue weighted by Crippen LogP contribution is -2.38. The van der Waals surface area contributed by atoms with Crippen LogP contribution < -0.4 is 9.47 Å². The van der Waals surface area contributed by atoms with Crippen molar-refractivity contribution in [1.29, 1.82) is 0 Å². The molecule has 1 aliphatic heterocycles. The first-order chi connectivity index (χ1) is 16.4. The number of aliphatic hydroxyl groups is 1. The molecule has 2 aromatic rings. The molecule has 8 heteroatoms. The van der Waals surface area contributed by atoms with Crippen molar-refractivity contribution in [3.63, 3.8) is 0 Å². The van der Waals surface area contributed by atoms with Crippen LogP contribution in [-0.2, 0) is 9.59 Å². The third-order valence-corrected chi connectivity index (χ3v) is 6.26. The Kier molecular flexibility index (Phi) is 8.58. The third kappa shape index (κ3) is 5.21. The number of benzene rings is 2. The minimum Gasteiger partial charge on any atom is -0.507 e. The van der Waals surface area contributed by atoms with Gasteiger partial charge in [0.15, 0.2) is 11.5 Å². The van der Waals surface area contributed by atoms with Crippen LogP contribution in [0.5, 0.6) is 11.5 Å². The van der Waals surface area contributed by atoms with E-state index in [4.69, 9.17) is 21.1 Å². The number of likely N-dealkylation sites (N-methyl/N-ethyl adjacent to an activating group) is 1. The highest BCUT2D eigenvalue weighted by molar-refractivity contribution is 6.46. The van der Waals surface area contributed by atoms with Crippen molar-refractivity contribution in [1.82, 2.24) is 9.80 Å². The van der Waals surface area contributed by atoms with E-state index in [2.05, 4.69) is 4.90 Å². The van der Waals surface area contributed by atoms with Gasteiger partial charge in [-0.15, -0.1) is 0 Å². The lowest BCUT2D eigenvalue weighted by molar-refractivity contribution is -0.140. The summed E-state index contributed by atoms with van der Waals surface area (Å²) >= 11 is 5.99. The average molecular weight is 487 g/mol. The van der Waals surface area contributed by atoms with E-state index >= 15 is 0 Å². The zero-order valence-corrected chi connectivity index (χ0v) is 20.8. The first-order valence-corrected chi connectivity index (χ1v) is 11.8. The molecule has 0 aliphatic carbocycles. The molecule has 1 heterocycles. The van der Waals surface area contributed by atoms with Gasteiger partial charge in [-0.25, -0.2) is 0 Å². The second-order valence-corrected chi connectivity index (χ2v) is 8.31. The molecular formula is C26H31ClN2O5. The summed E-state index contributed by atoms with van der Waals surface area (Å²) in [7, 11) is 1.53. The Balaban J connectivity index is 2.14. The normalized spacial score (nSPS) is 17.5. The first-order valence-electron chi connectivity index (χ1n) is 11.4. The van der Waals surface area contributed by atoms with Crippen molar-refractivity contribution >= 4 is 29.1 Å². The van der Waals surface area contributed by atoms with E-state index in [1.165, 1.54) is 12.0 Å². The first kappa shape index (κ1) is 25.6. The molecule has 0 saturated carbocycles. The van der Waals surface area contributed by atoms with Crippen LogP contribution in [0.4, 0.5) is 0 Å². The fraction of sp³-hybridized carbons (Fsp3) is 0.385. The SMILES string of the molecule is CCOc1ccc(C2/C(=C(/O)c3ccc(Cl)cc3)C(=O)C(=O)N2CCN(CC)CC)cc1OC. The lowest BCUT2D eigenvalue weighted by atomic mass is 9.95. The molecule has 0 radical (unpaired) electrons. The summed E-state index contributed by atoms with van der Waals surface area (Å²) in [5.74, 6) is -0.546. The molecule has 2 aromatic carbocycles. The van der Waals surface area contributed by atoms with Gasteiger partial charge in [0.2, 0.25) is 0 Å². The Morgan fingerprint density at radius 2 is 1.74 bits per heavy atom. The summed E-state index contributed by atoms with van der Waals surface area (Å²) in [4.78, 5) is 30.0. The highest BCUT2D eigenvalue weighted by Crippen LogP contribution is 2.42. The maximum Gasteiger partial charge on any atom is 0.295 e. The fourth-order valence-corrected chi connectivity index (χ4v) is 4.26. The van der Waals surface area contributed by atoms with E-state index in [0.29, 0.717) is 47.3 Å². The molecule has 7 nitrogen and oxygen atoms in total. The summed E-state index contributed by atoms with van der Waals surface area (Å²) in [6, 6.07) is 11.0. The molecule has 182 valence electrons. The summed E-state index contributed by atoms with van der Waals surface area (Å²) < 4.78 is 11.1. The lowest BCUT2D eigenvalue weighted by Gasteiger charge is -2.28. The molecule has 0 aromatic heterocycles. The predicted molar refractivity (Wildman–Crippen MR) is 132 cm³/mol. The minimum atomic E-state index is -0.768. The molecule has 1 aliphatic rings. The van der Waals surface area contributed by atoms with Gasteiger partial charge in [-0.2, -0.15) is 0 Å². The number of rotatable bonds is 10. The molecule has 0 bridgehead atoms. The van der Waals surface area contributed by atoms with Crippen LogP contribution in [0.25, 0.3) is 5.76 Å². The van der Waals surface area contributed by atoms with Gasteiger partial charge in [0, 0.05) is 23.7 Å². The number of Topliss-reactive ketones (excluding diaryl/α,β-unsaturated/α-hetero) is 1. The fourth-order valence-electron chi connectivity index (χ4n) is 4.14. The Morgan fingerprint density at radius 3 is 2.32 bits per heavy atom. The number of amides is 1. The number of aliphatic hydroxyl groups excluding tert-OH is 1. The standard InChI is InChI=1S/C26H31ClN2O5/c1-5-28(6-2)14-15-29-23(18-10-13-20(34-7-3)21(16-18)33-4)22(25(31)26(29)32)24(30)17-8-11-19(27)12-9-17/h8-13,16,23,30H,5-7,14-15H2,1-4H3/b24-22-. The number of halogens is 1. The summed E-state index contributed by atoms with van der Waals surface area (Å²) in [6.45, 7) is 9.03. The van der Waals surface area contributed by atoms with Crippen LogP contribution in [-0.4, -0.2) is 66.5 Å².